The highest BCUT2D eigenvalue weighted by atomic mass is 32.2. The first-order valence-electron chi connectivity index (χ1n) is 8.50. The van der Waals surface area contributed by atoms with Crippen LogP contribution in [0.2, 0.25) is 0 Å². The molecule has 0 aliphatic heterocycles. The number of hydrogen-bond acceptors (Lipinski definition) is 4. The minimum absolute atomic E-state index is 0.223. The first-order valence-corrected chi connectivity index (χ1v) is 9.49. The molecule has 0 saturated carbocycles. The van der Waals surface area contributed by atoms with Gasteiger partial charge >= 0.3 is 0 Å². The number of aliphatic imine (C=N–C) groups is 1. The molecule has 1 aromatic carbocycles. The van der Waals surface area contributed by atoms with Gasteiger partial charge in [0.25, 0.3) is 0 Å². The average molecular weight is 362 g/mol. The molecule has 0 spiro atoms. The summed E-state index contributed by atoms with van der Waals surface area (Å²) in [5.74, 6) is 2.94. The van der Waals surface area contributed by atoms with Gasteiger partial charge in [0, 0.05) is 23.7 Å². The van der Waals surface area contributed by atoms with E-state index < -0.39 is 5.60 Å². The summed E-state index contributed by atoms with van der Waals surface area (Å²) in [4.78, 5) is 5.74. The third kappa shape index (κ3) is 6.48. The molecule has 6 heteroatoms. The highest BCUT2D eigenvalue weighted by molar-refractivity contribution is 7.99. The largest absolute Gasteiger partial charge is 0.463 e. The number of aryl methyl sites for hydroxylation is 1. The van der Waals surface area contributed by atoms with Crippen molar-refractivity contribution in [1.29, 1.82) is 0 Å². The zero-order chi connectivity index (χ0) is 18.1. The van der Waals surface area contributed by atoms with Crippen molar-refractivity contribution in [3.8, 4) is 0 Å². The van der Waals surface area contributed by atoms with Gasteiger partial charge in [0.2, 0.25) is 0 Å². The fourth-order valence-corrected chi connectivity index (χ4v) is 3.02. The van der Waals surface area contributed by atoms with E-state index in [0.717, 1.165) is 24.6 Å². The SMILES string of the molecule is CCNC(=NCC(C)(O)c1ccc(C)o1)NCCSc1ccccc1. The van der Waals surface area contributed by atoms with Gasteiger partial charge in [-0.25, -0.2) is 4.99 Å². The van der Waals surface area contributed by atoms with Crippen LogP contribution in [0, 0.1) is 6.92 Å². The van der Waals surface area contributed by atoms with Gasteiger partial charge in [0.1, 0.15) is 17.1 Å². The molecular weight excluding hydrogens is 334 g/mol. The monoisotopic (exact) mass is 361 g/mol. The number of benzene rings is 1. The average Bonchev–Trinajstić information content (AvgIpc) is 3.05. The summed E-state index contributed by atoms with van der Waals surface area (Å²) in [5.41, 5.74) is -1.13. The van der Waals surface area contributed by atoms with Gasteiger partial charge in [0.05, 0.1) is 6.54 Å². The molecule has 1 heterocycles. The lowest BCUT2D eigenvalue weighted by Gasteiger charge is -2.19. The zero-order valence-electron chi connectivity index (χ0n) is 15.1. The van der Waals surface area contributed by atoms with E-state index in [0.29, 0.717) is 11.7 Å². The van der Waals surface area contributed by atoms with Gasteiger partial charge in [-0.05, 0) is 45.0 Å². The number of furan rings is 1. The van der Waals surface area contributed by atoms with Gasteiger partial charge < -0.3 is 20.2 Å². The number of nitrogens with zero attached hydrogens (tertiary/aromatic N) is 1. The van der Waals surface area contributed by atoms with E-state index in [9.17, 15) is 5.11 Å². The molecule has 2 aromatic rings. The smallest absolute Gasteiger partial charge is 0.191 e. The number of rotatable bonds is 8. The van der Waals surface area contributed by atoms with Crippen LogP contribution in [0.4, 0.5) is 0 Å². The third-order valence-electron chi connectivity index (χ3n) is 3.57. The number of hydrogen-bond donors (Lipinski definition) is 3. The summed E-state index contributed by atoms with van der Waals surface area (Å²) in [6, 6.07) is 13.9. The maximum absolute atomic E-state index is 10.6. The van der Waals surface area contributed by atoms with Crippen LogP contribution in [0.25, 0.3) is 0 Å². The van der Waals surface area contributed by atoms with E-state index in [-0.39, 0.29) is 6.54 Å². The second kappa shape index (κ2) is 9.53. The second-order valence-corrected chi connectivity index (χ2v) is 7.14. The highest BCUT2D eigenvalue weighted by Gasteiger charge is 2.26. The van der Waals surface area contributed by atoms with E-state index >= 15 is 0 Å². The normalized spacial score (nSPS) is 14.2. The van der Waals surface area contributed by atoms with Crippen LogP contribution >= 0.6 is 11.8 Å². The van der Waals surface area contributed by atoms with E-state index in [1.807, 2.05) is 38.1 Å². The van der Waals surface area contributed by atoms with E-state index in [1.54, 1.807) is 24.8 Å². The van der Waals surface area contributed by atoms with Gasteiger partial charge in [-0.15, -0.1) is 11.8 Å². The van der Waals surface area contributed by atoms with Crippen LogP contribution in [0.5, 0.6) is 0 Å². The van der Waals surface area contributed by atoms with Crippen molar-refractivity contribution < 1.29 is 9.52 Å². The minimum atomic E-state index is -1.13. The van der Waals surface area contributed by atoms with Crippen molar-refractivity contribution in [2.45, 2.75) is 31.3 Å². The number of guanidine groups is 1. The van der Waals surface area contributed by atoms with Crippen LogP contribution < -0.4 is 10.6 Å². The van der Waals surface area contributed by atoms with Crippen LogP contribution in [-0.2, 0) is 5.60 Å². The number of thioether (sulfide) groups is 1. The standard InChI is InChI=1S/C19H27N3O2S/c1-4-20-18(21-12-13-25-16-8-6-5-7-9-16)22-14-19(3,23)17-11-10-15(2)24-17/h5-11,23H,4,12-14H2,1-3H3,(H2,20,21,22). The number of nitrogens with one attached hydrogen (secondary N) is 2. The fourth-order valence-electron chi connectivity index (χ4n) is 2.23. The lowest BCUT2D eigenvalue weighted by atomic mass is 10.0. The Hall–Kier alpha value is -1.92. The topological polar surface area (TPSA) is 69.8 Å². The van der Waals surface area contributed by atoms with Crippen molar-refractivity contribution in [2.75, 3.05) is 25.4 Å². The summed E-state index contributed by atoms with van der Waals surface area (Å²) in [5, 5.41) is 17.1. The van der Waals surface area contributed by atoms with Crippen molar-refractivity contribution in [2.24, 2.45) is 4.99 Å². The van der Waals surface area contributed by atoms with Gasteiger partial charge in [-0.3, -0.25) is 0 Å². The molecule has 0 fully saturated rings. The predicted molar refractivity (Wildman–Crippen MR) is 104 cm³/mol. The van der Waals surface area contributed by atoms with Gasteiger partial charge in [-0.1, -0.05) is 18.2 Å². The lowest BCUT2D eigenvalue weighted by molar-refractivity contribution is 0.0428. The zero-order valence-corrected chi connectivity index (χ0v) is 15.9. The second-order valence-electron chi connectivity index (χ2n) is 5.97. The van der Waals surface area contributed by atoms with Crippen LogP contribution in [0.3, 0.4) is 0 Å². The van der Waals surface area contributed by atoms with Crippen molar-refractivity contribution in [1.82, 2.24) is 10.6 Å². The van der Waals surface area contributed by atoms with Crippen molar-refractivity contribution in [3.63, 3.8) is 0 Å². The maximum Gasteiger partial charge on any atom is 0.191 e. The minimum Gasteiger partial charge on any atom is -0.463 e. The molecule has 136 valence electrons. The van der Waals surface area contributed by atoms with Crippen molar-refractivity contribution in [3.05, 3.63) is 54.0 Å². The molecule has 0 amide bonds. The van der Waals surface area contributed by atoms with Crippen LogP contribution in [0.15, 0.2) is 56.8 Å². The van der Waals surface area contributed by atoms with Gasteiger partial charge in [0.15, 0.2) is 5.96 Å². The molecule has 1 unspecified atom stereocenters. The summed E-state index contributed by atoms with van der Waals surface area (Å²) in [6.45, 7) is 7.36. The Morgan fingerprint density at radius 1 is 1.20 bits per heavy atom. The first-order chi connectivity index (χ1) is 12.0. The molecule has 0 saturated heterocycles. The summed E-state index contributed by atoms with van der Waals surface area (Å²) in [6.07, 6.45) is 0. The number of aliphatic hydroxyl groups is 1. The molecule has 3 N–H and O–H groups in total. The molecule has 0 radical (unpaired) electrons. The molecule has 0 aliphatic rings. The van der Waals surface area contributed by atoms with E-state index in [4.69, 9.17) is 4.42 Å². The molecular formula is C19H27N3O2S. The Bertz CT molecular complexity index is 668. The Labute approximate surface area is 153 Å². The van der Waals surface area contributed by atoms with E-state index in [2.05, 4.69) is 27.8 Å². The highest BCUT2D eigenvalue weighted by Crippen LogP contribution is 2.23. The summed E-state index contributed by atoms with van der Waals surface area (Å²) in [7, 11) is 0. The third-order valence-corrected chi connectivity index (χ3v) is 4.58. The molecule has 25 heavy (non-hydrogen) atoms. The molecule has 2 rings (SSSR count). The Kier molecular flexibility index (Phi) is 7.40. The van der Waals surface area contributed by atoms with E-state index in [1.165, 1.54) is 4.90 Å². The molecule has 1 atom stereocenters. The molecule has 1 aromatic heterocycles. The first kappa shape index (κ1) is 19.4. The summed E-state index contributed by atoms with van der Waals surface area (Å²) < 4.78 is 5.52. The lowest BCUT2D eigenvalue weighted by Crippen LogP contribution is -2.39. The Morgan fingerprint density at radius 2 is 1.96 bits per heavy atom. The van der Waals surface area contributed by atoms with Crippen LogP contribution in [0.1, 0.15) is 25.4 Å². The molecule has 5 nitrogen and oxygen atoms in total. The van der Waals surface area contributed by atoms with Gasteiger partial charge in [-0.2, -0.15) is 0 Å². The predicted octanol–water partition coefficient (Wildman–Crippen LogP) is 3.14. The Morgan fingerprint density at radius 3 is 2.60 bits per heavy atom. The molecule has 0 aliphatic carbocycles. The molecule has 0 bridgehead atoms. The van der Waals surface area contributed by atoms with Crippen LogP contribution in [-0.4, -0.2) is 36.5 Å². The maximum atomic E-state index is 10.6. The fraction of sp³-hybridized carbons (Fsp3) is 0.421. The Balaban J connectivity index is 1.85. The summed E-state index contributed by atoms with van der Waals surface area (Å²) >= 11 is 1.79. The van der Waals surface area contributed by atoms with Crippen molar-refractivity contribution >= 4 is 17.7 Å². The quantitative estimate of drug-likeness (QED) is 0.292.